The number of carbonyl (C=O) groups excluding carboxylic acids is 2. The lowest BCUT2D eigenvalue weighted by atomic mass is 9.92. The summed E-state index contributed by atoms with van der Waals surface area (Å²) in [5.74, 6) is -0.218. The molecular weight excluding hydrogens is 194 g/mol. The summed E-state index contributed by atoms with van der Waals surface area (Å²) in [6, 6.07) is 1.38. The van der Waals surface area contributed by atoms with Gasteiger partial charge in [0, 0.05) is 11.5 Å². The standard InChI is InChI=1S/C10H15N3O2/c1-10(2)4-7(9(15)13-10)3-8(5-11)12-6-14/h6-8H,3-4H2,1-2H3,(H,12,14)(H,13,15)/t7-,8+/m1/s1. The van der Waals surface area contributed by atoms with E-state index in [4.69, 9.17) is 5.26 Å². The van der Waals surface area contributed by atoms with E-state index >= 15 is 0 Å². The number of rotatable bonds is 4. The normalized spacial score (nSPS) is 25.1. The van der Waals surface area contributed by atoms with Gasteiger partial charge in [0.2, 0.25) is 12.3 Å². The maximum absolute atomic E-state index is 11.5. The van der Waals surface area contributed by atoms with Crippen molar-refractivity contribution in [1.82, 2.24) is 10.6 Å². The van der Waals surface area contributed by atoms with Crippen molar-refractivity contribution in [3.63, 3.8) is 0 Å². The van der Waals surface area contributed by atoms with E-state index in [2.05, 4.69) is 10.6 Å². The van der Waals surface area contributed by atoms with Crippen molar-refractivity contribution < 1.29 is 9.59 Å². The van der Waals surface area contributed by atoms with Crippen molar-refractivity contribution >= 4 is 12.3 Å². The smallest absolute Gasteiger partial charge is 0.223 e. The first kappa shape index (κ1) is 11.5. The van der Waals surface area contributed by atoms with E-state index in [1.165, 1.54) is 0 Å². The van der Waals surface area contributed by atoms with Crippen LogP contribution in [0.15, 0.2) is 0 Å². The average molecular weight is 209 g/mol. The quantitative estimate of drug-likeness (QED) is 0.636. The molecular formula is C10H15N3O2. The Hall–Kier alpha value is -1.57. The second kappa shape index (κ2) is 4.30. The van der Waals surface area contributed by atoms with Crippen molar-refractivity contribution in [1.29, 1.82) is 5.26 Å². The minimum Gasteiger partial charge on any atom is -0.351 e. The van der Waals surface area contributed by atoms with Crippen molar-refractivity contribution in [3.05, 3.63) is 0 Å². The van der Waals surface area contributed by atoms with E-state index in [1.807, 2.05) is 19.9 Å². The van der Waals surface area contributed by atoms with E-state index in [1.54, 1.807) is 0 Å². The molecule has 1 saturated heterocycles. The lowest BCUT2D eigenvalue weighted by Crippen LogP contribution is -2.35. The van der Waals surface area contributed by atoms with Crippen LogP contribution >= 0.6 is 0 Å². The molecule has 1 heterocycles. The third-order valence-corrected chi connectivity index (χ3v) is 2.53. The van der Waals surface area contributed by atoms with Crippen LogP contribution in [0.4, 0.5) is 0 Å². The Morgan fingerprint density at radius 1 is 1.80 bits per heavy atom. The Bertz CT molecular complexity index is 306. The molecule has 1 aliphatic heterocycles. The topological polar surface area (TPSA) is 82.0 Å². The van der Waals surface area contributed by atoms with Crippen LogP contribution in [0.1, 0.15) is 26.7 Å². The first-order chi connectivity index (χ1) is 6.98. The zero-order chi connectivity index (χ0) is 11.5. The molecule has 0 aliphatic carbocycles. The molecule has 2 amide bonds. The highest BCUT2D eigenvalue weighted by atomic mass is 16.2. The van der Waals surface area contributed by atoms with Crippen LogP contribution in [0.5, 0.6) is 0 Å². The molecule has 0 bridgehead atoms. The van der Waals surface area contributed by atoms with Crippen molar-refractivity contribution in [2.75, 3.05) is 0 Å². The Labute approximate surface area is 88.8 Å². The number of hydrogen-bond acceptors (Lipinski definition) is 3. The van der Waals surface area contributed by atoms with E-state index in [0.29, 0.717) is 19.3 Å². The third kappa shape index (κ3) is 2.94. The van der Waals surface area contributed by atoms with Gasteiger partial charge >= 0.3 is 0 Å². The summed E-state index contributed by atoms with van der Waals surface area (Å²) < 4.78 is 0. The van der Waals surface area contributed by atoms with E-state index in [0.717, 1.165) is 0 Å². The van der Waals surface area contributed by atoms with Gasteiger partial charge in [0.15, 0.2) is 0 Å². The van der Waals surface area contributed by atoms with Crippen LogP contribution in [0, 0.1) is 17.2 Å². The van der Waals surface area contributed by atoms with Crippen LogP contribution < -0.4 is 10.6 Å². The Kier molecular flexibility index (Phi) is 3.30. The van der Waals surface area contributed by atoms with Crippen LogP contribution in [0.25, 0.3) is 0 Å². The predicted octanol–water partition coefficient (Wildman–Crippen LogP) is -0.0706. The van der Waals surface area contributed by atoms with Crippen LogP contribution in [-0.2, 0) is 9.59 Å². The van der Waals surface area contributed by atoms with Crippen LogP contribution in [0.3, 0.4) is 0 Å². The van der Waals surface area contributed by atoms with Crippen LogP contribution in [-0.4, -0.2) is 23.9 Å². The molecule has 0 aromatic heterocycles. The Balaban J connectivity index is 2.56. The first-order valence-corrected chi connectivity index (χ1v) is 4.90. The number of amides is 2. The molecule has 2 atom stereocenters. The first-order valence-electron chi connectivity index (χ1n) is 4.90. The molecule has 15 heavy (non-hydrogen) atoms. The molecule has 1 fully saturated rings. The summed E-state index contributed by atoms with van der Waals surface area (Å²) in [6.07, 6.45) is 1.57. The molecule has 0 spiro atoms. The molecule has 0 unspecified atom stereocenters. The second-order valence-electron chi connectivity index (χ2n) is 4.48. The number of nitrogens with zero attached hydrogens (tertiary/aromatic N) is 1. The van der Waals surface area contributed by atoms with Gasteiger partial charge in [-0.2, -0.15) is 5.26 Å². The monoisotopic (exact) mass is 209 g/mol. The highest BCUT2D eigenvalue weighted by Gasteiger charge is 2.38. The molecule has 0 radical (unpaired) electrons. The van der Waals surface area contributed by atoms with E-state index in [9.17, 15) is 9.59 Å². The lowest BCUT2D eigenvalue weighted by molar-refractivity contribution is -0.123. The SMILES string of the molecule is CC1(C)C[C@@H](C[C@@H](C#N)NC=O)C(=O)N1. The minimum atomic E-state index is -0.577. The molecule has 0 saturated carbocycles. The fourth-order valence-electron chi connectivity index (χ4n) is 1.91. The molecule has 82 valence electrons. The molecule has 0 aromatic rings. The Morgan fingerprint density at radius 2 is 2.47 bits per heavy atom. The van der Waals surface area contributed by atoms with E-state index < -0.39 is 6.04 Å². The van der Waals surface area contributed by atoms with Crippen molar-refractivity contribution in [2.45, 2.75) is 38.3 Å². The van der Waals surface area contributed by atoms with Crippen molar-refractivity contribution in [2.24, 2.45) is 5.92 Å². The second-order valence-corrected chi connectivity index (χ2v) is 4.48. The van der Waals surface area contributed by atoms with Gasteiger partial charge in [-0.15, -0.1) is 0 Å². The summed E-state index contributed by atoms with van der Waals surface area (Å²) in [4.78, 5) is 21.7. The fraction of sp³-hybridized carbons (Fsp3) is 0.700. The molecule has 5 heteroatoms. The molecule has 2 N–H and O–H groups in total. The predicted molar refractivity (Wildman–Crippen MR) is 53.5 cm³/mol. The number of carbonyl (C=O) groups is 2. The number of hydrogen-bond donors (Lipinski definition) is 2. The number of nitrogens with one attached hydrogen (secondary N) is 2. The molecule has 0 aromatic carbocycles. The summed E-state index contributed by atoms with van der Waals surface area (Å²) in [6.45, 7) is 3.89. The largest absolute Gasteiger partial charge is 0.351 e. The maximum Gasteiger partial charge on any atom is 0.223 e. The highest BCUT2D eigenvalue weighted by molar-refractivity contribution is 5.82. The minimum absolute atomic E-state index is 0.0343. The summed E-state index contributed by atoms with van der Waals surface area (Å²) in [5.41, 5.74) is -0.205. The highest BCUT2D eigenvalue weighted by Crippen LogP contribution is 2.27. The Morgan fingerprint density at radius 3 is 2.87 bits per heavy atom. The van der Waals surface area contributed by atoms with Gasteiger partial charge in [-0.1, -0.05) is 0 Å². The number of nitriles is 1. The summed E-state index contributed by atoms with van der Waals surface area (Å²) in [7, 11) is 0. The summed E-state index contributed by atoms with van der Waals surface area (Å²) >= 11 is 0. The van der Waals surface area contributed by atoms with Crippen molar-refractivity contribution in [3.8, 4) is 6.07 Å². The lowest BCUT2D eigenvalue weighted by Gasteiger charge is -2.16. The van der Waals surface area contributed by atoms with Gasteiger partial charge in [0.25, 0.3) is 0 Å². The van der Waals surface area contributed by atoms with Crippen LogP contribution in [0.2, 0.25) is 0 Å². The average Bonchev–Trinajstić information content (AvgIpc) is 2.39. The van der Waals surface area contributed by atoms with Gasteiger partial charge in [-0.25, -0.2) is 0 Å². The third-order valence-electron chi connectivity index (χ3n) is 2.53. The zero-order valence-corrected chi connectivity index (χ0v) is 8.91. The van der Waals surface area contributed by atoms with Gasteiger partial charge in [-0.3, -0.25) is 9.59 Å². The van der Waals surface area contributed by atoms with Gasteiger partial charge in [0.1, 0.15) is 6.04 Å². The zero-order valence-electron chi connectivity index (χ0n) is 8.91. The molecule has 1 rings (SSSR count). The summed E-state index contributed by atoms with van der Waals surface area (Å²) in [5, 5.41) is 14.0. The van der Waals surface area contributed by atoms with E-state index in [-0.39, 0.29) is 17.4 Å². The van der Waals surface area contributed by atoms with Gasteiger partial charge in [-0.05, 0) is 26.7 Å². The molecule has 5 nitrogen and oxygen atoms in total. The van der Waals surface area contributed by atoms with Gasteiger partial charge in [0.05, 0.1) is 6.07 Å². The maximum atomic E-state index is 11.5. The fourth-order valence-corrected chi connectivity index (χ4v) is 1.91. The molecule has 1 aliphatic rings. The van der Waals surface area contributed by atoms with Gasteiger partial charge < -0.3 is 10.6 Å².